The molecule has 0 saturated carbocycles. The number of rotatable bonds is 6. The zero-order valence-corrected chi connectivity index (χ0v) is 19.1. The number of aryl methyl sites for hydroxylation is 1. The highest BCUT2D eigenvalue weighted by molar-refractivity contribution is 7.92. The second-order valence-electron chi connectivity index (χ2n) is 8.31. The van der Waals surface area contributed by atoms with E-state index in [4.69, 9.17) is 4.74 Å². The van der Waals surface area contributed by atoms with E-state index in [1.54, 1.807) is 22.6 Å². The summed E-state index contributed by atoms with van der Waals surface area (Å²) < 4.78 is 73.6. The Morgan fingerprint density at radius 3 is 2.53 bits per heavy atom. The lowest BCUT2D eigenvalue weighted by Gasteiger charge is -2.25. The number of halogens is 3. The fraction of sp³-hybridized carbons (Fsp3) is 0.524. The van der Waals surface area contributed by atoms with E-state index < -0.39 is 43.7 Å². The molecule has 0 aliphatic carbocycles. The van der Waals surface area contributed by atoms with E-state index in [2.05, 4.69) is 5.10 Å². The largest absolute Gasteiger partial charge is 0.467 e. The summed E-state index contributed by atoms with van der Waals surface area (Å²) in [5.74, 6) is 0.112. The van der Waals surface area contributed by atoms with E-state index in [1.165, 1.54) is 13.2 Å². The van der Waals surface area contributed by atoms with Crippen molar-refractivity contribution >= 4 is 21.6 Å². The molecule has 0 amide bonds. The molecule has 1 saturated heterocycles. The maximum atomic E-state index is 13.5. The van der Waals surface area contributed by atoms with Crippen LogP contribution in [-0.4, -0.2) is 49.1 Å². The van der Waals surface area contributed by atoms with Gasteiger partial charge in [-0.15, -0.1) is 0 Å². The van der Waals surface area contributed by atoms with Gasteiger partial charge in [0.2, 0.25) is 0 Å². The number of nitrogens with zero attached hydrogens (tertiary/aromatic N) is 3. The molecule has 1 aliphatic rings. The van der Waals surface area contributed by atoms with E-state index in [1.807, 2.05) is 13.8 Å². The topological polar surface area (TPSA) is 81.5 Å². The smallest absolute Gasteiger partial charge is 0.417 e. The Hall–Kier alpha value is -2.56. The van der Waals surface area contributed by atoms with Gasteiger partial charge in [0, 0.05) is 19.2 Å². The number of ether oxygens (including phenoxy) is 1. The Labute approximate surface area is 185 Å². The van der Waals surface area contributed by atoms with Crippen LogP contribution in [-0.2, 0) is 32.1 Å². The molecule has 1 aromatic heterocycles. The number of esters is 1. The number of carbonyl (C=O) groups is 1. The minimum absolute atomic E-state index is 0.155. The lowest BCUT2D eigenvalue weighted by molar-refractivity contribution is -0.142. The van der Waals surface area contributed by atoms with Crippen LogP contribution in [0.4, 0.5) is 19.0 Å². The fourth-order valence-corrected chi connectivity index (χ4v) is 5.92. The highest BCUT2D eigenvalue weighted by Crippen LogP contribution is 2.38. The maximum absolute atomic E-state index is 13.5. The van der Waals surface area contributed by atoms with Gasteiger partial charge in [-0.3, -0.25) is 0 Å². The number of carbonyl (C=O) groups excluding carboxylic acids is 1. The van der Waals surface area contributed by atoms with E-state index >= 15 is 0 Å². The van der Waals surface area contributed by atoms with Crippen molar-refractivity contribution in [3.63, 3.8) is 0 Å². The third-order valence-electron chi connectivity index (χ3n) is 5.39. The summed E-state index contributed by atoms with van der Waals surface area (Å²) in [6.45, 7) is 6.13. The molecule has 2 unspecified atom stereocenters. The monoisotopic (exact) mass is 473 g/mol. The van der Waals surface area contributed by atoms with Gasteiger partial charge < -0.3 is 9.64 Å². The molecule has 0 bridgehead atoms. The second kappa shape index (κ2) is 8.76. The average Bonchev–Trinajstić information content (AvgIpc) is 3.30. The molecule has 2 heterocycles. The van der Waals surface area contributed by atoms with Crippen LogP contribution in [0.25, 0.3) is 0 Å². The van der Waals surface area contributed by atoms with Gasteiger partial charge in [-0.05, 0) is 31.4 Å². The molecular formula is C21H26F3N3O4S. The van der Waals surface area contributed by atoms with Gasteiger partial charge in [-0.1, -0.05) is 26.0 Å². The highest BCUT2D eigenvalue weighted by atomic mass is 32.2. The number of benzene rings is 1. The summed E-state index contributed by atoms with van der Waals surface area (Å²) >= 11 is 0. The lowest BCUT2D eigenvalue weighted by Crippen LogP contribution is -2.38. The quantitative estimate of drug-likeness (QED) is 0.598. The molecular weight excluding hydrogens is 447 g/mol. The molecule has 11 heteroatoms. The molecule has 2 aromatic rings. The number of aromatic nitrogens is 2. The van der Waals surface area contributed by atoms with E-state index in [9.17, 15) is 26.4 Å². The number of sulfone groups is 1. The molecule has 0 spiro atoms. The zero-order chi connectivity index (χ0) is 23.8. The van der Waals surface area contributed by atoms with Crippen LogP contribution < -0.4 is 4.90 Å². The molecule has 176 valence electrons. The number of hydrogen-bond donors (Lipinski definition) is 0. The average molecular weight is 474 g/mol. The minimum Gasteiger partial charge on any atom is -0.467 e. The van der Waals surface area contributed by atoms with Crippen LogP contribution in [0.2, 0.25) is 0 Å². The Bertz CT molecular complexity index is 1100. The van der Waals surface area contributed by atoms with Crippen molar-refractivity contribution in [1.29, 1.82) is 0 Å². The van der Waals surface area contributed by atoms with Gasteiger partial charge in [0.1, 0.15) is 11.9 Å². The summed E-state index contributed by atoms with van der Waals surface area (Å²) in [4.78, 5) is 13.3. The van der Waals surface area contributed by atoms with Gasteiger partial charge in [-0.2, -0.15) is 18.3 Å². The van der Waals surface area contributed by atoms with Gasteiger partial charge in [-0.25, -0.2) is 17.9 Å². The molecule has 2 atom stereocenters. The SMILES string of the molecule is COC(=O)C1CC(S(=O)(=O)c2ccccc2C(F)(F)F)CN1c1cc(C)nn1CC(C)C. The summed E-state index contributed by atoms with van der Waals surface area (Å²) in [6, 6.07) is 4.89. The van der Waals surface area contributed by atoms with Gasteiger partial charge in [0.25, 0.3) is 0 Å². The minimum atomic E-state index is -4.82. The molecule has 32 heavy (non-hydrogen) atoms. The van der Waals surface area contributed by atoms with Crippen LogP contribution in [0.15, 0.2) is 35.2 Å². The van der Waals surface area contributed by atoms with Crippen LogP contribution in [0.3, 0.4) is 0 Å². The Kier molecular flexibility index (Phi) is 6.60. The Morgan fingerprint density at radius 1 is 1.28 bits per heavy atom. The standard InChI is InChI=1S/C21H26F3N3O4S/c1-13(2)11-27-19(9-14(3)25-27)26-12-15(10-17(26)20(28)31-4)32(29,30)18-8-6-5-7-16(18)21(22,23)24/h5-9,13,15,17H,10-12H2,1-4H3. The fourth-order valence-electron chi connectivity index (χ4n) is 4.01. The van der Waals surface area contributed by atoms with Crippen LogP contribution in [0.5, 0.6) is 0 Å². The van der Waals surface area contributed by atoms with Crippen molar-refractivity contribution in [3.8, 4) is 0 Å². The molecule has 1 fully saturated rings. The lowest BCUT2D eigenvalue weighted by atomic mass is 10.2. The third-order valence-corrected chi connectivity index (χ3v) is 7.58. The van der Waals surface area contributed by atoms with Crippen LogP contribution in [0.1, 0.15) is 31.5 Å². The first-order valence-corrected chi connectivity index (χ1v) is 11.7. The van der Waals surface area contributed by atoms with Crippen molar-refractivity contribution in [1.82, 2.24) is 9.78 Å². The number of methoxy groups -OCH3 is 1. The van der Waals surface area contributed by atoms with Crippen molar-refractivity contribution in [2.75, 3.05) is 18.6 Å². The number of alkyl halides is 3. The first-order valence-electron chi connectivity index (χ1n) is 10.1. The number of anilines is 1. The summed E-state index contributed by atoms with van der Waals surface area (Å²) in [5, 5.41) is 3.21. The molecule has 1 aromatic carbocycles. The van der Waals surface area contributed by atoms with E-state index in [0.717, 1.165) is 18.2 Å². The van der Waals surface area contributed by atoms with Crippen LogP contribution >= 0.6 is 0 Å². The highest BCUT2D eigenvalue weighted by Gasteiger charge is 2.47. The van der Waals surface area contributed by atoms with Crippen LogP contribution in [0, 0.1) is 12.8 Å². The van der Waals surface area contributed by atoms with Gasteiger partial charge >= 0.3 is 12.1 Å². The van der Waals surface area contributed by atoms with Crippen molar-refractivity contribution in [3.05, 3.63) is 41.6 Å². The summed E-state index contributed by atoms with van der Waals surface area (Å²) in [7, 11) is -3.20. The zero-order valence-electron chi connectivity index (χ0n) is 18.3. The second-order valence-corrected chi connectivity index (χ2v) is 10.5. The predicted octanol–water partition coefficient (Wildman–Crippen LogP) is 3.46. The first kappa shape index (κ1) is 24.1. The molecule has 0 radical (unpaired) electrons. The summed E-state index contributed by atoms with van der Waals surface area (Å²) in [6.07, 6.45) is -5.01. The maximum Gasteiger partial charge on any atom is 0.417 e. The van der Waals surface area contributed by atoms with E-state index in [-0.39, 0.29) is 18.9 Å². The molecule has 0 N–H and O–H groups in total. The number of hydrogen-bond acceptors (Lipinski definition) is 6. The molecule has 1 aliphatic heterocycles. The third kappa shape index (κ3) is 4.62. The molecule has 7 nitrogen and oxygen atoms in total. The Balaban J connectivity index is 2.05. The van der Waals surface area contributed by atoms with Crippen molar-refractivity contribution < 1.29 is 31.1 Å². The molecule has 3 rings (SSSR count). The normalized spacial score (nSPS) is 19.6. The Morgan fingerprint density at radius 2 is 1.94 bits per heavy atom. The van der Waals surface area contributed by atoms with Gasteiger partial charge in [0.15, 0.2) is 9.84 Å². The predicted molar refractivity (Wildman–Crippen MR) is 112 cm³/mol. The van der Waals surface area contributed by atoms with Crippen molar-refractivity contribution in [2.45, 2.75) is 56.1 Å². The first-order chi connectivity index (χ1) is 14.9. The van der Waals surface area contributed by atoms with Gasteiger partial charge in [0.05, 0.1) is 28.5 Å². The van der Waals surface area contributed by atoms with E-state index in [0.29, 0.717) is 18.1 Å². The summed E-state index contributed by atoms with van der Waals surface area (Å²) in [5.41, 5.74) is -0.535. The van der Waals surface area contributed by atoms with Crippen molar-refractivity contribution in [2.24, 2.45) is 5.92 Å².